The Morgan fingerprint density at radius 1 is 1.11 bits per heavy atom. The summed E-state index contributed by atoms with van der Waals surface area (Å²) in [6.45, 7) is 7.87. The average molecular weight is 390 g/mol. The first kappa shape index (κ1) is 21.9. The highest BCUT2D eigenvalue weighted by Gasteiger charge is 2.12. The molecular weight excluding hydrogens is 362 g/mol. The summed E-state index contributed by atoms with van der Waals surface area (Å²) in [5, 5.41) is 10.0. The zero-order valence-corrected chi connectivity index (χ0v) is 16.9. The third kappa shape index (κ3) is 6.04. The molecule has 0 atom stereocenters. The lowest BCUT2D eigenvalue weighted by molar-refractivity contribution is -0.121. The van der Waals surface area contributed by atoms with Crippen molar-refractivity contribution in [3.8, 4) is 11.5 Å². The van der Waals surface area contributed by atoms with Crippen molar-refractivity contribution in [2.75, 3.05) is 6.61 Å². The molecule has 5 heteroatoms. The van der Waals surface area contributed by atoms with Crippen LogP contribution in [0.4, 0.5) is 8.78 Å². The molecule has 0 bridgehead atoms. The predicted octanol–water partition coefficient (Wildman–Crippen LogP) is 5.72. The molecule has 0 amide bonds. The van der Waals surface area contributed by atoms with Crippen LogP contribution in [0.2, 0.25) is 0 Å². The number of ketones is 1. The number of rotatable bonds is 9. The number of phenols is 1. The molecule has 152 valence electrons. The molecule has 0 heterocycles. The molecule has 2 aromatic carbocycles. The van der Waals surface area contributed by atoms with Gasteiger partial charge in [0.2, 0.25) is 6.43 Å². The number of ether oxygens (including phenoxy) is 1. The minimum Gasteiger partial charge on any atom is -0.508 e. The quantitative estimate of drug-likeness (QED) is 0.596. The third-order valence-electron chi connectivity index (χ3n) is 4.81. The second-order valence-electron chi connectivity index (χ2n) is 7.52. The molecule has 0 aliphatic heterocycles. The summed E-state index contributed by atoms with van der Waals surface area (Å²) in [6, 6.07) is 9.42. The summed E-state index contributed by atoms with van der Waals surface area (Å²) in [6.07, 6.45) is -2.34. The maximum atomic E-state index is 12.2. The molecule has 28 heavy (non-hydrogen) atoms. The first-order chi connectivity index (χ1) is 13.2. The minimum atomic E-state index is -2.47. The van der Waals surface area contributed by atoms with Gasteiger partial charge in [-0.25, -0.2) is 8.78 Å². The van der Waals surface area contributed by atoms with Crippen molar-refractivity contribution in [3.63, 3.8) is 0 Å². The average Bonchev–Trinajstić information content (AvgIpc) is 2.62. The summed E-state index contributed by atoms with van der Waals surface area (Å²) < 4.78 is 29.8. The lowest BCUT2D eigenvalue weighted by Gasteiger charge is -2.15. The summed E-state index contributed by atoms with van der Waals surface area (Å²) in [4.78, 5) is 11.6. The van der Waals surface area contributed by atoms with Crippen LogP contribution in [0.3, 0.4) is 0 Å². The van der Waals surface area contributed by atoms with E-state index in [4.69, 9.17) is 4.74 Å². The van der Waals surface area contributed by atoms with E-state index in [-0.39, 0.29) is 24.7 Å². The van der Waals surface area contributed by atoms with Crippen molar-refractivity contribution in [1.82, 2.24) is 0 Å². The monoisotopic (exact) mass is 390 g/mol. The van der Waals surface area contributed by atoms with Gasteiger partial charge in [0, 0.05) is 12.8 Å². The second kappa shape index (κ2) is 9.67. The fourth-order valence-corrected chi connectivity index (χ4v) is 3.20. The van der Waals surface area contributed by atoms with Crippen LogP contribution in [-0.2, 0) is 11.2 Å². The summed E-state index contributed by atoms with van der Waals surface area (Å²) in [5.74, 6) is 0.788. The highest BCUT2D eigenvalue weighted by molar-refractivity contribution is 5.79. The zero-order valence-electron chi connectivity index (χ0n) is 16.9. The van der Waals surface area contributed by atoms with Crippen LogP contribution in [0.25, 0.3) is 0 Å². The number of halogens is 2. The van der Waals surface area contributed by atoms with E-state index < -0.39 is 12.8 Å². The van der Waals surface area contributed by atoms with Gasteiger partial charge in [-0.15, -0.1) is 0 Å². The Morgan fingerprint density at radius 3 is 2.32 bits per heavy atom. The van der Waals surface area contributed by atoms with E-state index in [0.717, 1.165) is 34.2 Å². The van der Waals surface area contributed by atoms with E-state index in [1.54, 1.807) is 6.07 Å². The first-order valence-corrected chi connectivity index (χ1v) is 9.52. The van der Waals surface area contributed by atoms with Crippen LogP contribution >= 0.6 is 0 Å². The molecule has 0 aromatic heterocycles. The highest BCUT2D eigenvalue weighted by Crippen LogP contribution is 2.29. The molecule has 0 saturated heterocycles. The maximum Gasteiger partial charge on any atom is 0.239 e. The number of aromatic hydroxyl groups is 1. The molecule has 0 aliphatic carbocycles. The standard InChI is InChI=1S/C23H28F2O3/c1-14(2)20-11-17(5-7-22(20)27)12-21-15(3)9-19(10-16(21)4)28-13-18(26)6-8-23(24)25/h5,7,9-11,14,23,27H,6,8,12-13H2,1-4H3. The number of carbonyl (C=O) groups is 1. The Morgan fingerprint density at radius 2 is 1.75 bits per heavy atom. The normalized spacial score (nSPS) is 11.3. The fourth-order valence-electron chi connectivity index (χ4n) is 3.20. The van der Waals surface area contributed by atoms with Gasteiger partial charge in [0.15, 0.2) is 5.78 Å². The predicted molar refractivity (Wildman–Crippen MR) is 107 cm³/mol. The van der Waals surface area contributed by atoms with Crippen molar-refractivity contribution in [3.05, 3.63) is 58.1 Å². The fraction of sp³-hybridized carbons (Fsp3) is 0.435. The molecule has 0 radical (unpaired) electrons. The zero-order chi connectivity index (χ0) is 20.8. The number of hydrogen-bond donors (Lipinski definition) is 1. The van der Waals surface area contributed by atoms with Gasteiger partial charge in [-0.05, 0) is 72.2 Å². The molecule has 2 rings (SSSR count). The van der Waals surface area contributed by atoms with Crippen molar-refractivity contribution in [2.45, 2.75) is 59.3 Å². The van der Waals surface area contributed by atoms with Crippen LogP contribution in [0, 0.1) is 13.8 Å². The van der Waals surface area contributed by atoms with Crippen LogP contribution in [0.5, 0.6) is 11.5 Å². The lowest BCUT2D eigenvalue weighted by Crippen LogP contribution is -2.12. The molecular formula is C23H28F2O3. The molecule has 0 spiro atoms. The van der Waals surface area contributed by atoms with Gasteiger partial charge in [-0.3, -0.25) is 4.79 Å². The van der Waals surface area contributed by atoms with Crippen LogP contribution in [-0.4, -0.2) is 23.9 Å². The van der Waals surface area contributed by atoms with Crippen LogP contribution in [0.1, 0.15) is 60.4 Å². The van der Waals surface area contributed by atoms with E-state index >= 15 is 0 Å². The van der Waals surface area contributed by atoms with Crippen molar-refractivity contribution in [1.29, 1.82) is 0 Å². The van der Waals surface area contributed by atoms with Gasteiger partial charge in [-0.1, -0.05) is 26.0 Å². The van der Waals surface area contributed by atoms with E-state index in [0.29, 0.717) is 11.5 Å². The summed E-state index contributed by atoms with van der Waals surface area (Å²) in [5.41, 5.74) is 5.28. The second-order valence-corrected chi connectivity index (χ2v) is 7.52. The Balaban J connectivity index is 2.10. The van der Waals surface area contributed by atoms with Gasteiger partial charge in [-0.2, -0.15) is 0 Å². The summed E-state index contributed by atoms with van der Waals surface area (Å²) in [7, 11) is 0. The van der Waals surface area contributed by atoms with Gasteiger partial charge < -0.3 is 9.84 Å². The Bertz CT molecular complexity index is 806. The topological polar surface area (TPSA) is 46.5 Å². The lowest BCUT2D eigenvalue weighted by atomic mass is 9.93. The highest BCUT2D eigenvalue weighted by atomic mass is 19.3. The van der Waals surface area contributed by atoms with Crippen LogP contribution in [0.15, 0.2) is 30.3 Å². The molecule has 0 unspecified atom stereocenters. The molecule has 0 saturated carbocycles. The Hall–Kier alpha value is -2.43. The number of Topliss-reactive ketones (excluding diaryl/α,β-unsaturated/α-hetero) is 1. The number of aryl methyl sites for hydroxylation is 2. The van der Waals surface area contributed by atoms with Crippen LogP contribution < -0.4 is 4.74 Å². The van der Waals surface area contributed by atoms with Gasteiger partial charge >= 0.3 is 0 Å². The van der Waals surface area contributed by atoms with E-state index in [1.807, 2.05) is 52.0 Å². The molecule has 3 nitrogen and oxygen atoms in total. The number of benzene rings is 2. The van der Waals surface area contributed by atoms with Crippen molar-refractivity contribution >= 4 is 5.78 Å². The SMILES string of the molecule is Cc1cc(OCC(=O)CCC(F)F)cc(C)c1Cc1ccc(O)c(C(C)C)c1. The number of phenolic OH excluding ortho intramolecular Hbond substituents is 1. The molecule has 0 aliphatic rings. The van der Waals surface area contributed by atoms with Crippen molar-refractivity contribution < 1.29 is 23.4 Å². The number of alkyl halides is 2. The van der Waals surface area contributed by atoms with Gasteiger partial charge in [0.05, 0.1) is 0 Å². The Kier molecular flexibility index (Phi) is 7.55. The maximum absolute atomic E-state index is 12.2. The molecule has 0 fully saturated rings. The first-order valence-electron chi connectivity index (χ1n) is 9.52. The number of carbonyl (C=O) groups excluding carboxylic acids is 1. The van der Waals surface area contributed by atoms with E-state index in [9.17, 15) is 18.7 Å². The third-order valence-corrected chi connectivity index (χ3v) is 4.81. The van der Waals surface area contributed by atoms with E-state index in [2.05, 4.69) is 0 Å². The van der Waals surface area contributed by atoms with Gasteiger partial charge in [0.25, 0.3) is 0 Å². The summed E-state index contributed by atoms with van der Waals surface area (Å²) >= 11 is 0. The molecule has 1 N–H and O–H groups in total. The van der Waals surface area contributed by atoms with E-state index in [1.165, 1.54) is 0 Å². The smallest absolute Gasteiger partial charge is 0.239 e. The molecule has 2 aromatic rings. The van der Waals surface area contributed by atoms with Crippen molar-refractivity contribution in [2.24, 2.45) is 0 Å². The minimum absolute atomic E-state index is 0.174. The Labute approximate surface area is 165 Å². The number of hydrogen-bond acceptors (Lipinski definition) is 3. The van der Waals surface area contributed by atoms with Gasteiger partial charge in [0.1, 0.15) is 18.1 Å². The largest absolute Gasteiger partial charge is 0.508 e.